The van der Waals surface area contributed by atoms with Gasteiger partial charge in [0.1, 0.15) is 0 Å². The molecule has 0 unspecified atom stereocenters. The number of nitrogens with one attached hydrogen (secondary N) is 1. The van der Waals surface area contributed by atoms with Crippen molar-refractivity contribution in [2.24, 2.45) is 11.1 Å². The Morgan fingerprint density at radius 1 is 1.50 bits per heavy atom. The third-order valence-corrected chi connectivity index (χ3v) is 4.57. The molecule has 0 aromatic carbocycles. The van der Waals surface area contributed by atoms with Crippen molar-refractivity contribution >= 4 is 22.4 Å². The normalized spacial score (nSPS) is 18.8. The summed E-state index contributed by atoms with van der Waals surface area (Å²) in [4.78, 5) is 17.0. The first kappa shape index (κ1) is 15.4. The van der Waals surface area contributed by atoms with E-state index in [9.17, 15) is 4.79 Å². The van der Waals surface area contributed by atoms with E-state index in [1.165, 1.54) is 11.3 Å². The molecule has 0 saturated carbocycles. The van der Waals surface area contributed by atoms with E-state index in [1.807, 2.05) is 5.38 Å². The zero-order valence-corrected chi connectivity index (χ0v) is 13.2. The molecule has 1 fully saturated rings. The van der Waals surface area contributed by atoms with Gasteiger partial charge in [0.05, 0.1) is 11.1 Å². The molecule has 0 radical (unpaired) electrons. The second kappa shape index (κ2) is 5.79. The van der Waals surface area contributed by atoms with Crippen molar-refractivity contribution in [1.82, 2.24) is 4.98 Å². The molecule has 1 amide bonds. The standard InChI is InChI=1S/C14H23N3O2S/c1-13(2,3)10-8-20-12(16-10)17-11(18)14(9-15)4-6-19-7-5-14/h8H,4-7,9,15H2,1-3H3,(H,16,17,18). The van der Waals surface area contributed by atoms with Crippen LogP contribution >= 0.6 is 11.3 Å². The molecule has 3 N–H and O–H groups in total. The zero-order chi connectivity index (χ0) is 14.8. The van der Waals surface area contributed by atoms with Crippen molar-refractivity contribution in [3.8, 4) is 0 Å². The highest BCUT2D eigenvalue weighted by Crippen LogP contribution is 2.32. The second-order valence-corrected chi connectivity index (χ2v) is 7.20. The van der Waals surface area contributed by atoms with Crippen molar-refractivity contribution < 1.29 is 9.53 Å². The van der Waals surface area contributed by atoms with Crippen LogP contribution in [0.3, 0.4) is 0 Å². The average molecular weight is 297 g/mol. The molecular formula is C14H23N3O2S. The van der Waals surface area contributed by atoms with Crippen molar-refractivity contribution in [2.45, 2.75) is 39.0 Å². The number of carbonyl (C=O) groups excluding carboxylic acids is 1. The van der Waals surface area contributed by atoms with Gasteiger partial charge in [0.2, 0.25) is 5.91 Å². The Morgan fingerprint density at radius 3 is 2.65 bits per heavy atom. The molecular weight excluding hydrogens is 274 g/mol. The van der Waals surface area contributed by atoms with Crippen LogP contribution in [-0.2, 0) is 14.9 Å². The first-order valence-corrected chi connectivity index (χ1v) is 7.81. The minimum atomic E-state index is -0.508. The molecule has 1 aromatic rings. The average Bonchev–Trinajstić information content (AvgIpc) is 2.88. The lowest BCUT2D eigenvalue weighted by Crippen LogP contribution is -2.46. The highest BCUT2D eigenvalue weighted by molar-refractivity contribution is 7.14. The van der Waals surface area contributed by atoms with Crippen LogP contribution in [0.15, 0.2) is 5.38 Å². The Morgan fingerprint density at radius 2 is 2.15 bits per heavy atom. The third-order valence-electron chi connectivity index (χ3n) is 3.82. The van der Waals surface area contributed by atoms with E-state index in [-0.39, 0.29) is 11.3 Å². The predicted molar refractivity (Wildman–Crippen MR) is 81.0 cm³/mol. The van der Waals surface area contributed by atoms with Crippen molar-refractivity contribution in [2.75, 3.05) is 25.1 Å². The molecule has 20 heavy (non-hydrogen) atoms. The van der Waals surface area contributed by atoms with Crippen molar-refractivity contribution in [3.63, 3.8) is 0 Å². The minimum Gasteiger partial charge on any atom is -0.381 e. The number of nitrogens with two attached hydrogens (primary N) is 1. The molecule has 1 aliphatic heterocycles. The van der Waals surface area contributed by atoms with Crippen molar-refractivity contribution in [3.05, 3.63) is 11.1 Å². The lowest BCUT2D eigenvalue weighted by molar-refractivity contribution is -0.130. The van der Waals surface area contributed by atoms with E-state index in [4.69, 9.17) is 10.5 Å². The number of amides is 1. The molecule has 1 aromatic heterocycles. The topological polar surface area (TPSA) is 77.2 Å². The lowest BCUT2D eigenvalue weighted by atomic mass is 9.79. The summed E-state index contributed by atoms with van der Waals surface area (Å²) in [7, 11) is 0. The summed E-state index contributed by atoms with van der Waals surface area (Å²) in [5.41, 5.74) is 6.31. The Bertz CT molecular complexity index is 473. The van der Waals surface area contributed by atoms with Gasteiger partial charge in [-0.25, -0.2) is 4.98 Å². The van der Waals surface area contributed by atoms with Crippen LogP contribution < -0.4 is 11.1 Å². The molecule has 0 bridgehead atoms. The van der Waals surface area contributed by atoms with Crippen LogP contribution in [0.2, 0.25) is 0 Å². The number of aromatic nitrogens is 1. The smallest absolute Gasteiger partial charge is 0.233 e. The fourth-order valence-corrected chi connectivity index (χ4v) is 3.12. The van der Waals surface area contributed by atoms with Crippen LogP contribution in [0.4, 0.5) is 5.13 Å². The Balaban J connectivity index is 2.09. The summed E-state index contributed by atoms with van der Waals surface area (Å²) >= 11 is 1.46. The number of thiazole rings is 1. The van der Waals surface area contributed by atoms with Gasteiger partial charge < -0.3 is 15.8 Å². The quantitative estimate of drug-likeness (QED) is 0.896. The number of carbonyl (C=O) groups is 1. The van der Waals surface area contributed by atoms with Gasteiger partial charge in [0.15, 0.2) is 5.13 Å². The highest BCUT2D eigenvalue weighted by Gasteiger charge is 2.39. The maximum absolute atomic E-state index is 12.5. The fraction of sp³-hybridized carbons (Fsp3) is 0.714. The van der Waals surface area contributed by atoms with Gasteiger partial charge in [-0.05, 0) is 12.8 Å². The maximum atomic E-state index is 12.5. The SMILES string of the molecule is CC(C)(C)c1csc(NC(=O)C2(CN)CCOCC2)n1. The van der Waals surface area contributed by atoms with E-state index in [0.29, 0.717) is 37.7 Å². The summed E-state index contributed by atoms with van der Waals surface area (Å²) in [5.74, 6) is -0.0295. The van der Waals surface area contributed by atoms with Gasteiger partial charge in [0, 0.05) is 30.6 Å². The molecule has 0 spiro atoms. The predicted octanol–water partition coefficient (Wildman–Crippen LogP) is 2.13. The van der Waals surface area contributed by atoms with Gasteiger partial charge in [0.25, 0.3) is 0 Å². The number of hydrogen-bond acceptors (Lipinski definition) is 5. The largest absolute Gasteiger partial charge is 0.381 e. The third kappa shape index (κ3) is 3.19. The van der Waals surface area contributed by atoms with Gasteiger partial charge in [-0.3, -0.25) is 4.79 Å². The molecule has 2 heterocycles. The van der Waals surface area contributed by atoms with E-state index in [0.717, 1.165) is 5.69 Å². The summed E-state index contributed by atoms with van der Waals surface area (Å²) in [6.45, 7) is 7.85. The molecule has 1 saturated heterocycles. The number of nitrogens with zero attached hydrogens (tertiary/aromatic N) is 1. The van der Waals surface area contributed by atoms with Crippen LogP contribution in [-0.4, -0.2) is 30.6 Å². The summed E-state index contributed by atoms with van der Waals surface area (Å²) in [6, 6.07) is 0. The van der Waals surface area contributed by atoms with Crippen molar-refractivity contribution in [1.29, 1.82) is 0 Å². The second-order valence-electron chi connectivity index (χ2n) is 6.34. The summed E-state index contributed by atoms with van der Waals surface area (Å²) in [6.07, 6.45) is 1.35. The van der Waals surface area contributed by atoms with Gasteiger partial charge >= 0.3 is 0 Å². The Labute approximate surface area is 123 Å². The summed E-state index contributed by atoms with van der Waals surface area (Å²) in [5, 5.41) is 5.58. The number of anilines is 1. The maximum Gasteiger partial charge on any atom is 0.233 e. The molecule has 1 aliphatic rings. The van der Waals surface area contributed by atoms with Crippen LogP contribution in [0.25, 0.3) is 0 Å². The molecule has 0 atom stereocenters. The first-order valence-electron chi connectivity index (χ1n) is 6.93. The molecule has 2 rings (SSSR count). The summed E-state index contributed by atoms with van der Waals surface area (Å²) < 4.78 is 5.33. The van der Waals surface area contributed by atoms with Crippen LogP contribution in [0, 0.1) is 5.41 Å². The highest BCUT2D eigenvalue weighted by atomic mass is 32.1. The molecule has 0 aliphatic carbocycles. The monoisotopic (exact) mass is 297 g/mol. The van der Waals surface area contributed by atoms with Gasteiger partial charge in [-0.15, -0.1) is 11.3 Å². The van der Waals surface area contributed by atoms with Crippen LogP contribution in [0.5, 0.6) is 0 Å². The van der Waals surface area contributed by atoms with Gasteiger partial charge in [-0.1, -0.05) is 20.8 Å². The molecule has 112 valence electrons. The first-order chi connectivity index (χ1) is 9.37. The van der Waals surface area contributed by atoms with E-state index >= 15 is 0 Å². The lowest BCUT2D eigenvalue weighted by Gasteiger charge is -2.34. The molecule has 6 heteroatoms. The zero-order valence-electron chi connectivity index (χ0n) is 12.4. The number of ether oxygens (including phenoxy) is 1. The van der Waals surface area contributed by atoms with E-state index in [1.54, 1.807) is 0 Å². The minimum absolute atomic E-state index is 0.0102. The van der Waals surface area contributed by atoms with Gasteiger partial charge in [-0.2, -0.15) is 0 Å². The fourth-order valence-electron chi connectivity index (χ4n) is 2.19. The Kier molecular flexibility index (Phi) is 4.46. The Hall–Kier alpha value is -0.980. The van der Waals surface area contributed by atoms with E-state index < -0.39 is 5.41 Å². The van der Waals surface area contributed by atoms with E-state index in [2.05, 4.69) is 31.1 Å². The molecule has 5 nitrogen and oxygen atoms in total. The number of hydrogen-bond donors (Lipinski definition) is 2. The number of rotatable bonds is 3. The van der Waals surface area contributed by atoms with Crippen LogP contribution in [0.1, 0.15) is 39.3 Å².